The Morgan fingerprint density at radius 3 is 2.29 bits per heavy atom. The van der Waals surface area contributed by atoms with Crippen LogP contribution in [-0.2, 0) is 0 Å². The lowest BCUT2D eigenvalue weighted by Crippen LogP contribution is -2.31. The summed E-state index contributed by atoms with van der Waals surface area (Å²) in [5.41, 5.74) is 0. The second-order valence-electron chi connectivity index (χ2n) is 4.80. The Hall–Kier alpha value is -0.0800. The van der Waals surface area contributed by atoms with Gasteiger partial charge in [0.1, 0.15) is 0 Å². The van der Waals surface area contributed by atoms with Crippen LogP contribution >= 0.6 is 0 Å². The second kappa shape index (κ2) is 6.41. The SMILES string of the molecule is CCC1CCC(CNC[C@H](C)O)CC1. The van der Waals surface area contributed by atoms with Gasteiger partial charge < -0.3 is 10.4 Å². The fraction of sp³-hybridized carbons (Fsp3) is 1.00. The van der Waals surface area contributed by atoms with E-state index in [2.05, 4.69) is 12.2 Å². The molecule has 0 radical (unpaired) electrons. The largest absolute Gasteiger partial charge is 0.392 e. The summed E-state index contributed by atoms with van der Waals surface area (Å²) in [4.78, 5) is 0. The number of aliphatic hydroxyl groups is 1. The van der Waals surface area contributed by atoms with Crippen molar-refractivity contribution >= 4 is 0 Å². The van der Waals surface area contributed by atoms with Crippen LogP contribution in [0.1, 0.15) is 46.0 Å². The predicted molar refractivity (Wildman–Crippen MR) is 60.3 cm³/mol. The summed E-state index contributed by atoms with van der Waals surface area (Å²) in [6, 6.07) is 0. The van der Waals surface area contributed by atoms with Gasteiger partial charge in [-0.3, -0.25) is 0 Å². The Bertz CT molecular complexity index is 139. The molecule has 0 saturated heterocycles. The quantitative estimate of drug-likeness (QED) is 0.711. The molecule has 0 bridgehead atoms. The molecule has 0 unspecified atom stereocenters. The number of aliphatic hydroxyl groups excluding tert-OH is 1. The van der Waals surface area contributed by atoms with E-state index in [4.69, 9.17) is 5.11 Å². The van der Waals surface area contributed by atoms with Crippen LogP contribution in [-0.4, -0.2) is 24.3 Å². The lowest BCUT2D eigenvalue weighted by atomic mass is 9.81. The zero-order chi connectivity index (χ0) is 10.4. The van der Waals surface area contributed by atoms with Crippen LogP contribution in [0.5, 0.6) is 0 Å². The highest BCUT2D eigenvalue weighted by Crippen LogP contribution is 2.29. The summed E-state index contributed by atoms with van der Waals surface area (Å²) in [6.45, 7) is 5.98. The Balaban J connectivity index is 2.04. The van der Waals surface area contributed by atoms with Crippen molar-refractivity contribution in [2.45, 2.75) is 52.1 Å². The van der Waals surface area contributed by atoms with Gasteiger partial charge in [-0.25, -0.2) is 0 Å². The van der Waals surface area contributed by atoms with Crippen molar-refractivity contribution in [2.24, 2.45) is 11.8 Å². The zero-order valence-electron chi connectivity index (χ0n) is 9.63. The number of hydrogen-bond donors (Lipinski definition) is 2. The van der Waals surface area contributed by atoms with Gasteiger partial charge in [0.15, 0.2) is 0 Å². The molecule has 1 rings (SSSR count). The Labute approximate surface area is 88.1 Å². The molecule has 0 aromatic carbocycles. The molecule has 1 fully saturated rings. The molecule has 0 amide bonds. The standard InChI is InChI=1S/C12H25NO/c1-3-11-4-6-12(7-5-11)9-13-8-10(2)14/h10-14H,3-9H2,1-2H3/t10-,11?,12?/m0/s1. The smallest absolute Gasteiger partial charge is 0.0636 e. The molecule has 2 heteroatoms. The van der Waals surface area contributed by atoms with E-state index in [1.165, 1.54) is 32.1 Å². The van der Waals surface area contributed by atoms with Crippen LogP contribution < -0.4 is 5.32 Å². The van der Waals surface area contributed by atoms with Gasteiger partial charge in [0.25, 0.3) is 0 Å². The highest BCUT2D eigenvalue weighted by Gasteiger charge is 2.19. The van der Waals surface area contributed by atoms with Crippen molar-refractivity contribution in [3.63, 3.8) is 0 Å². The summed E-state index contributed by atoms with van der Waals surface area (Å²) in [5.74, 6) is 1.85. The van der Waals surface area contributed by atoms with E-state index in [0.29, 0.717) is 0 Å². The van der Waals surface area contributed by atoms with Gasteiger partial charge in [-0.15, -0.1) is 0 Å². The molecule has 84 valence electrons. The van der Waals surface area contributed by atoms with Gasteiger partial charge in [-0.1, -0.05) is 26.2 Å². The third-order valence-corrected chi connectivity index (χ3v) is 3.42. The first kappa shape index (κ1) is 12.0. The third kappa shape index (κ3) is 4.43. The maximum absolute atomic E-state index is 9.10. The summed E-state index contributed by atoms with van der Waals surface area (Å²) in [7, 11) is 0. The highest BCUT2D eigenvalue weighted by molar-refractivity contribution is 4.73. The summed E-state index contributed by atoms with van der Waals surface area (Å²) in [5, 5.41) is 12.4. The van der Waals surface area contributed by atoms with Crippen molar-refractivity contribution in [3.8, 4) is 0 Å². The molecule has 0 aromatic heterocycles. The van der Waals surface area contributed by atoms with Gasteiger partial charge in [0, 0.05) is 6.54 Å². The number of nitrogens with one attached hydrogen (secondary N) is 1. The van der Waals surface area contributed by atoms with Crippen LogP contribution in [0.2, 0.25) is 0 Å². The molecule has 0 aliphatic heterocycles. The van der Waals surface area contributed by atoms with Gasteiger partial charge in [-0.05, 0) is 38.1 Å². The van der Waals surface area contributed by atoms with Crippen LogP contribution in [0, 0.1) is 11.8 Å². The molecular weight excluding hydrogens is 174 g/mol. The van der Waals surface area contributed by atoms with Crippen molar-refractivity contribution in [1.82, 2.24) is 5.32 Å². The molecule has 1 atom stereocenters. The average molecular weight is 199 g/mol. The van der Waals surface area contributed by atoms with Crippen molar-refractivity contribution < 1.29 is 5.11 Å². The first-order valence-electron chi connectivity index (χ1n) is 6.11. The minimum absolute atomic E-state index is 0.206. The summed E-state index contributed by atoms with van der Waals surface area (Å²) >= 11 is 0. The molecule has 1 saturated carbocycles. The lowest BCUT2D eigenvalue weighted by Gasteiger charge is -2.28. The first-order valence-corrected chi connectivity index (χ1v) is 6.11. The summed E-state index contributed by atoms with van der Waals surface area (Å²) < 4.78 is 0. The molecule has 2 nitrogen and oxygen atoms in total. The normalized spacial score (nSPS) is 30.2. The minimum Gasteiger partial charge on any atom is -0.392 e. The van der Waals surface area contributed by atoms with E-state index in [9.17, 15) is 0 Å². The van der Waals surface area contributed by atoms with E-state index < -0.39 is 0 Å². The highest BCUT2D eigenvalue weighted by atomic mass is 16.3. The molecule has 0 heterocycles. The van der Waals surface area contributed by atoms with Gasteiger partial charge in [0.05, 0.1) is 6.10 Å². The number of rotatable bonds is 5. The van der Waals surface area contributed by atoms with E-state index in [1.54, 1.807) is 0 Å². The van der Waals surface area contributed by atoms with Crippen LogP contribution in [0.3, 0.4) is 0 Å². The van der Waals surface area contributed by atoms with Crippen molar-refractivity contribution in [2.75, 3.05) is 13.1 Å². The van der Waals surface area contributed by atoms with Gasteiger partial charge in [-0.2, -0.15) is 0 Å². The maximum atomic E-state index is 9.10. The van der Waals surface area contributed by atoms with Crippen LogP contribution in [0.15, 0.2) is 0 Å². The first-order chi connectivity index (χ1) is 6.72. The molecule has 1 aliphatic carbocycles. The molecular formula is C12H25NO. The molecule has 1 aliphatic rings. The minimum atomic E-state index is -0.206. The van der Waals surface area contributed by atoms with Gasteiger partial charge >= 0.3 is 0 Å². The Morgan fingerprint density at radius 2 is 1.79 bits per heavy atom. The molecule has 0 spiro atoms. The van der Waals surface area contributed by atoms with E-state index in [0.717, 1.165) is 24.9 Å². The van der Waals surface area contributed by atoms with Crippen molar-refractivity contribution in [3.05, 3.63) is 0 Å². The van der Waals surface area contributed by atoms with Crippen LogP contribution in [0.4, 0.5) is 0 Å². The fourth-order valence-electron chi connectivity index (χ4n) is 2.34. The average Bonchev–Trinajstić information content (AvgIpc) is 2.18. The second-order valence-corrected chi connectivity index (χ2v) is 4.80. The van der Waals surface area contributed by atoms with E-state index >= 15 is 0 Å². The Morgan fingerprint density at radius 1 is 1.21 bits per heavy atom. The molecule has 2 N–H and O–H groups in total. The zero-order valence-corrected chi connectivity index (χ0v) is 9.63. The lowest BCUT2D eigenvalue weighted by molar-refractivity contribution is 0.184. The maximum Gasteiger partial charge on any atom is 0.0636 e. The molecule has 0 aromatic rings. The van der Waals surface area contributed by atoms with Crippen molar-refractivity contribution in [1.29, 1.82) is 0 Å². The van der Waals surface area contributed by atoms with E-state index in [-0.39, 0.29) is 6.10 Å². The monoisotopic (exact) mass is 199 g/mol. The summed E-state index contributed by atoms with van der Waals surface area (Å²) in [6.07, 6.45) is 6.74. The van der Waals surface area contributed by atoms with Gasteiger partial charge in [0.2, 0.25) is 0 Å². The predicted octanol–water partition coefficient (Wildman–Crippen LogP) is 2.17. The van der Waals surface area contributed by atoms with E-state index in [1.807, 2.05) is 6.92 Å². The number of hydrogen-bond acceptors (Lipinski definition) is 2. The molecule has 14 heavy (non-hydrogen) atoms. The van der Waals surface area contributed by atoms with Crippen LogP contribution in [0.25, 0.3) is 0 Å². The topological polar surface area (TPSA) is 32.3 Å². The fourth-order valence-corrected chi connectivity index (χ4v) is 2.34. The Kier molecular flexibility index (Phi) is 5.49. The third-order valence-electron chi connectivity index (χ3n) is 3.42.